The highest BCUT2D eigenvalue weighted by Gasteiger charge is 2.30. The highest BCUT2D eigenvalue weighted by Crippen LogP contribution is 2.33. The minimum Gasteiger partial charge on any atom is -0.346 e. The third kappa shape index (κ3) is 1.86. The van der Waals surface area contributed by atoms with Gasteiger partial charge in [-0.1, -0.05) is 5.16 Å². The van der Waals surface area contributed by atoms with Crippen molar-refractivity contribution in [1.29, 1.82) is 0 Å². The van der Waals surface area contributed by atoms with Crippen LogP contribution in [0.1, 0.15) is 30.6 Å². The van der Waals surface area contributed by atoms with Crippen LogP contribution in [0.5, 0.6) is 0 Å². The third-order valence-electron chi connectivity index (χ3n) is 2.95. The number of hydrogen-bond donors (Lipinski definition) is 0. The molecule has 6 nitrogen and oxygen atoms in total. The van der Waals surface area contributed by atoms with E-state index in [0.29, 0.717) is 5.89 Å². The van der Waals surface area contributed by atoms with Gasteiger partial charge in [0.15, 0.2) is 5.82 Å². The number of anilines is 1. The molecule has 0 radical (unpaired) electrons. The molecule has 1 fully saturated rings. The van der Waals surface area contributed by atoms with Crippen LogP contribution in [0.15, 0.2) is 23.1 Å². The molecule has 1 aliphatic rings. The van der Waals surface area contributed by atoms with Crippen LogP contribution in [-0.2, 0) is 0 Å². The molecule has 2 aromatic heterocycles. The molecule has 0 aliphatic carbocycles. The molecule has 0 N–H and O–H groups in total. The van der Waals surface area contributed by atoms with E-state index in [9.17, 15) is 0 Å². The summed E-state index contributed by atoms with van der Waals surface area (Å²) >= 11 is 0. The van der Waals surface area contributed by atoms with Gasteiger partial charge in [-0.05, 0) is 18.9 Å². The van der Waals surface area contributed by atoms with E-state index in [1.165, 1.54) is 0 Å². The van der Waals surface area contributed by atoms with E-state index in [0.717, 1.165) is 31.0 Å². The van der Waals surface area contributed by atoms with Crippen molar-refractivity contribution in [3.8, 4) is 0 Å². The van der Waals surface area contributed by atoms with Gasteiger partial charge < -0.3 is 9.42 Å². The molecule has 2 aromatic rings. The van der Waals surface area contributed by atoms with Crippen LogP contribution in [-0.4, -0.2) is 26.7 Å². The fourth-order valence-electron chi connectivity index (χ4n) is 2.21. The van der Waals surface area contributed by atoms with Crippen LogP contribution < -0.4 is 4.90 Å². The van der Waals surface area contributed by atoms with Crippen molar-refractivity contribution in [3.05, 3.63) is 30.3 Å². The molecule has 1 aliphatic heterocycles. The van der Waals surface area contributed by atoms with E-state index >= 15 is 0 Å². The summed E-state index contributed by atoms with van der Waals surface area (Å²) in [5, 5.41) is 4.00. The van der Waals surface area contributed by atoms with Crippen molar-refractivity contribution in [2.45, 2.75) is 25.8 Å². The fourth-order valence-corrected chi connectivity index (χ4v) is 2.21. The van der Waals surface area contributed by atoms with Crippen molar-refractivity contribution in [2.75, 3.05) is 11.4 Å². The summed E-state index contributed by atoms with van der Waals surface area (Å²) in [7, 11) is 0. The van der Waals surface area contributed by atoms with Gasteiger partial charge in [-0.2, -0.15) is 4.98 Å². The monoisotopic (exact) mass is 231 g/mol. The van der Waals surface area contributed by atoms with Crippen molar-refractivity contribution >= 4 is 5.82 Å². The second-order valence-electron chi connectivity index (χ2n) is 4.09. The van der Waals surface area contributed by atoms with Crippen LogP contribution in [0.4, 0.5) is 5.82 Å². The van der Waals surface area contributed by atoms with E-state index in [2.05, 4.69) is 25.0 Å². The number of nitrogens with zero attached hydrogens (tertiary/aromatic N) is 5. The molecule has 0 spiro atoms. The summed E-state index contributed by atoms with van der Waals surface area (Å²) in [6, 6.07) is 2.08. The number of rotatable bonds is 2. The molecule has 0 aromatic carbocycles. The largest absolute Gasteiger partial charge is 0.346 e. The molecule has 3 rings (SSSR count). The third-order valence-corrected chi connectivity index (χ3v) is 2.95. The lowest BCUT2D eigenvalue weighted by Gasteiger charge is -2.22. The minimum atomic E-state index is 0.169. The van der Waals surface area contributed by atoms with Gasteiger partial charge >= 0.3 is 0 Å². The van der Waals surface area contributed by atoms with Gasteiger partial charge in [0, 0.05) is 19.7 Å². The van der Waals surface area contributed by atoms with Gasteiger partial charge in [0.2, 0.25) is 5.89 Å². The first-order valence-electron chi connectivity index (χ1n) is 5.67. The van der Waals surface area contributed by atoms with Crippen molar-refractivity contribution < 1.29 is 4.52 Å². The summed E-state index contributed by atoms with van der Waals surface area (Å²) in [4.78, 5) is 14.7. The summed E-state index contributed by atoms with van der Waals surface area (Å²) in [6.07, 6.45) is 5.45. The average molecular weight is 231 g/mol. The zero-order valence-corrected chi connectivity index (χ0v) is 9.58. The fraction of sp³-hybridized carbons (Fsp3) is 0.455. The summed E-state index contributed by atoms with van der Waals surface area (Å²) in [6.45, 7) is 2.77. The van der Waals surface area contributed by atoms with Gasteiger partial charge in [-0.3, -0.25) is 0 Å². The highest BCUT2D eigenvalue weighted by atomic mass is 16.5. The topological polar surface area (TPSA) is 67.9 Å². The predicted octanol–water partition coefficient (Wildman–Crippen LogP) is 1.51. The Kier molecular flexibility index (Phi) is 2.47. The lowest BCUT2D eigenvalue weighted by Crippen LogP contribution is -2.24. The maximum absolute atomic E-state index is 5.04. The maximum Gasteiger partial charge on any atom is 0.223 e. The molecule has 1 saturated heterocycles. The van der Waals surface area contributed by atoms with Crippen LogP contribution in [0.25, 0.3) is 0 Å². The van der Waals surface area contributed by atoms with E-state index in [1.807, 2.05) is 6.07 Å². The van der Waals surface area contributed by atoms with E-state index in [1.54, 1.807) is 19.4 Å². The molecule has 0 unspecified atom stereocenters. The molecule has 0 amide bonds. The Labute approximate surface area is 98.7 Å². The van der Waals surface area contributed by atoms with Crippen molar-refractivity contribution in [1.82, 2.24) is 20.1 Å². The Morgan fingerprint density at radius 3 is 3.12 bits per heavy atom. The minimum absolute atomic E-state index is 0.169. The summed E-state index contributed by atoms with van der Waals surface area (Å²) in [5.74, 6) is 2.28. The number of aromatic nitrogens is 4. The first-order chi connectivity index (χ1) is 8.34. The standard InChI is InChI=1S/C11H13N5O/c1-8-14-11(15-17-8)9-3-2-6-16(9)10-4-5-12-7-13-10/h4-5,7,9H,2-3,6H2,1H3/t9-/m1/s1. The normalized spacial score (nSPS) is 19.8. The van der Waals surface area contributed by atoms with E-state index < -0.39 is 0 Å². The number of aryl methyl sites for hydroxylation is 1. The van der Waals surface area contributed by atoms with Gasteiger partial charge in [0.25, 0.3) is 0 Å². The maximum atomic E-state index is 5.04. The molecular formula is C11H13N5O. The quantitative estimate of drug-likeness (QED) is 0.780. The zero-order chi connectivity index (χ0) is 11.7. The SMILES string of the molecule is Cc1nc([C@H]2CCCN2c2ccncn2)no1. The van der Waals surface area contributed by atoms with Crippen LogP contribution in [0, 0.1) is 6.92 Å². The molecule has 88 valence electrons. The van der Waals surface area contributed by atoms with Crippen molar-refractivity contribution in [2.24, 2.45) is 0 Å². The Bertz CT molecular complexity index is 498. The Balaban J connectivity index is 1.90. The van der Waals surface area contributed by atoms with Gasteiger partial charge in [-0.25, -0.2) is 9.97 Å². The molecule has 6 heteroatoms. The first kappa shape index (κ1) is 10.2. The van der Waals surface area contributed by atoms with E-state index in [4.69, 9.17) is 4.52 Å². The highest BCUT2D eigenvalue weighted by molar-refractivity contribution is 5.40. The summed E-state index contributed by atoms with van der Waals surface area (Å²) in [5.41, 5.74) is 0. The van der Waals surface area contributed by atoms with Crippen LogP contribution in [0.3, 0.4) is 0 Å². The molecule has 1 atom stereocenters. The molecule has 3 heterocycles. The van der Waals surface area contributed by atoms with Crippen LogP contribution in [0.2, 0.25) is 0 Å². The molecule has 17 heavy (non-hydrogen) atoms. The van der Waals surface area contributed by atoms with Gasteiger partial charge in [0.1, 0.15) is 12.1 Å². The van der Waals surface area contributed by atoms with Gasteiger partial charge in [0.05, 0.1) is 6.04 Å². The Morgan fingerprint density at radius 1 is 1.47 bits per heavy atom. The zero-order valence-electron chi connectivity index (χ0n) is 9.58. The lowest BCUT2D eigenvalue weighted by atomic mass is 10.2. The molecule has 0 saturated carbocycles. The van der Waals surface area contributed by atoms with Crippen molar-refractivity contribution in [3.63, 3.8) is 0 Å². The smallest absolute Gasteiger partial charge is 0.223 e. The summed E-state index contributed by atoms with van der Waals surface area (Å²) < 4.78 is 5.04. The first-order valence-corrected chi connectivity index (χ1v) is 5.67. The Morgan fingerprint density at radius 2 is 2.41 bits per heavy atom. The second kappa shape index (κ2) is 4.12. The molecular weight excluding hydrogens is 218 g/mol. The predicted molar refractivity (Wildman–Crippen MR) is 60.4 cm³/mol. The second-order valence-corrected chi connectivity index (χ2v) is 4.09. The number of hydrogen-bond acceptors (Lipinski definition) is 6. The Hall–Kier alpha value is -1.98. The molecule has 0 bridgehead atoms. The average Bonchev–Trinajstić information content (AvgIpc) is 2.98. The van der Waals surface area contributed by atoms with Gasteiger partial charge in [-0.15, -0.1) is 0 Å². The van der Waals surface area contributed by atoms with E-state index in [-0.39, 0.29) is 6.04 Å². The van der Waals surface area contributed by atoms with Crippen LogP contribution >= 0.6 is 0 Å². The lowest BCUT2D eigenvalue weighted by molar-refractivity contribution is 0.383.